The second-order valence-corrected chi connectivity index (χ2v) is 6.58. The average Bonchev–Trinajstić information content (AvgIpc) is 2.38. The Morgan fingerprint density at radius 3 is 2.20 bits per heavy atom. The summed E-state index contributed by atoms with van der Waals surface area (Å²) in [6.07, 6.45) is 7.60. The Labute approximate surface area is 124 Å². The van der Waals surface area contributed by atoms with E-state index >= 15 is 0 Å². The van der Waals surface area contributed by atoms with Crippen molar-refractivity contribution >= 4 is 5.69 Å². The molecule has 1 heteroatoms. The Hall–Kier alpha value is -1.50. The first-order chi connectivity index (χ1) is 9.34. The first kappa shape index (κ1) is 16.6. The van der Waals surface area contributed by atoms with Crippen LogP contribution in [0.2, 0.25) is 0 Å². The van der Waals surface area contributed by atoms with Gasteiger partial charge in [-0.15, -0.1) is 0 Å². The molecule has 0 atom stereocenters. The van der Waals surface area contributed by atoms with E-state index in [9.17, 15) is 0 Å². The maximum atomic E-state index is 3.40. The van der Waals surface area contributed by atoms with Crippen LogP contribution in [0, 0.1) is 5.92 Å². The molecular formula is C19H29N. The average molecular weight is 271 g/mol. The molecule has 1 rings (SSSR count). The van der Waals surface area contributed by atoms with Crippen molar-refractivity contribution in [2.24, 2.45) is 5.92 Å². The third-order valence-electron chi connectivity index (χ3n) is 3.37. The number of nitrogens with one attached hydrogen (secondary N) is 1. The predicted octanol–water partition coefficient (Wildman–Crippen LogP) is 5.90. The number of benzene rings is 1. The predicted molar refractivity (Wildman–Crippen MR) is 91.1 cm³/mol. The second-order valence-electron chi connectivity index (χ2n) is 6.58. The van der Waals surface area contributed by atoms with E-state index in [2.05, 4.69) is 89.5 Å². The van der Waals surface area contributed by atoms with Crippen LogP contribution in [-0.4, -0.2) is 0 Å². The van der Waals surface area contributed by atoms with Gasteiger partial charge in [0.15, 0.2) is 0 Å². The van der Waals surface area contributed by atoms with Crippen molar-refractivity contribution < 1.29 is 0 Å². The zero-order valence-corrected chi connectivity index (χ0v) is 13.8. The molecule has 0 aliphatic carbocycles. The molecule has 0 heterocycles. The van der Waals surface area contributed by atoms with Gasteiger partial charge in [-0.05, 0) is 41.0 Å². The smallest absolute Gasteiger partial charge is 0.0380 e. The fourth-order valence-corrected chi connectivity index (χ4v) is 1.89. The number of allylic oxidation sites excluding steroid dienone is 3. The molecule has 0 aliphatic rings. The lowest BCUT2D eigenvalue weighted by atomic mass is 9.87. The van der Waals surface area contributed by atoms with Gasteiger partial charge < -0.3 is 5.32 Å². The molecule has 20 heavy (non-hydrogen) atoms. The molecule has 0 aliphatic heterocycles. The fourth-order valence-electron chi connectivity index (χ4n) is 1.89. The minimum Gasteiger partial charge on any atom is -0.361 e. The highest BCUT2D eigenvalue weighted by atomic mass is 14.8. The van der Waals surface area contributed by atoms with Crippen LogP contribution in [-0.2, 0) is 5.41 Å². The van der Waals surface area contributed by atoms with Gasteiger partial charge in [-0.2, -0.15) is 0 Å². The third kappa shape index (κ3) is 5.24. The van der Waals surface area contributed by atoms with Gasteiger partial charge in [0, 0.05) is 11.9 Å². The molecule has 0 saturated heterocycles. The molecular weight excluding hydrogens is 242 g/mol. The van der Waals surface area contributed by atoms with Crippen molar-refractivity contribution in [2.45, 2.75) is 53.4 Å². The van der Waals surface area contributed by atoms with Crippen LogP contribution in [0.4, 0.5) is 5.69 Å². The van der Waals surface area contributed by atoms with E-state index in [-0.39, 0.29) is 5.41 Å². The molecule has 1 N–H and O–H groups in total. The van der Waals surface area contributed by atoms with Gasteiger partial charge in [-0.25, -0.2) is 0 Å². The highest BCUT2D eigenvalue weighted by Crippen LogP contribution is 2.23. The van der Waals surface area contributed by atoms with Gasteiger partial charge in [0.1, 0.15) is 0 Å². The lowest BCUT2D eigenvalue weighted by Gasteiger charge is -2.19. The van der Waals surface area contributed by atoms with E-state index in [1.165, 1.54) is 11.1 Å². The van der Waals surface area contributed by atoms with Gasteiger partial charge in [-0.3, -0.25) is 0 Å². The number of rotatable bonds is 5. The molecule has 1 nitrogen and oxygen atoms in total. The van der Waals surface area contributed by atoms with Gasteiger partial charge >= 0.3 is 0 Å². The van der Waals surface area contributed by atoms with Crippen LogP contribution >= 0.6 is 0 Å². The highest BCUT2D eigenvalue weighted by molar-refractivity contribution is 5.49. The summed E-state index contributed by atoms with van der Waals surface area (Å²) < 4.78 is 0. The van der Waals surface area contributed by atoms with Crippen LogP contribution in [0.1, 0.15) is 53.5 Å². The number of hydrogen-bond acceptors (Lipinski definition) is 1. The van der Waals surface area contributed by atoms with E-state index in [0.717, 1.165) is 12.1 Å². The number of hydrogen-bond donors (Lipinski definition) is 1. The largest absolute Gasteiger partial charge is 0.361 e. The molecule has 0 unspecified atom stereocenters. The Bertz CT molecular complexity index is 456. The van der Waals surface area contributed by atoms with E-state index in [0.29, 0.717) is 5.92 Å². The molecule has 0 amide bonds. The number of anilines is 1. The first-order valence-corrected chi connectivity index (χ1v) is 7.58. The van der Waals surface area contributed by atoms with Gasteiger partial charge in [0.05, 0.1) is 0 Å². The Kier molecular flexibility index (Phi) is 6.06. The van der Waals surface area contributed by atoms with E-state index in [1.807, 2.05) is 0 Å². The molecule has 0 aromatic heterocycles. The van der Waals surface area contributed by atoms with Gasteiger partial charge in [0.25, 0.3) is 0 Å². The van der Waals surface area contributed by atoms with Gasteiger partial charge in [0.2, 0.25) is 0 Å². The lowest BCUT2D eigenvalue weighted by Crippen LogP contribution is -2.10. The van der Waals surface area contributed by atoms with Crippen molar-refractivity contribution in [3.8, 4) is 0 Å². The molecule has 0 radical (unpaired) electrons. The topological polar surface area (TPSA) is 12.0 Å². The molecule has 1 aromatic carbocycles. The van der Waals surface area contributed by atoms with Crippen LogP contribution in [0.25, 0.3) is 0 Å². The van der Waals surface area contributed by atoms with Crippen molar-refractivity contribution in [3.63, 3.8) is 0 Å². The van der Waals surface area contributed by atoms with E-state index in [4.69, 9.17) is 0 Å². The Morgan fingerprint density at radius 1 is 1.15 bits per heavy atom. The van der Waals surface area contributed by atoms with E-state index in [1.54, 1.807) is 0 Å². The lowest BCUT2D eigenvalue weighted by molar-refractivity contribution is 0.590. The monoisotopic (exact) mass is 271 g/mol. The fraction of sp³-hybridized carbons (Fsp3) is 0.474. The quantitative estimate of drug-likeness (QED) is 0.657. The molecule has 0 spiro atoms. The van der Waals surface area contributed by atoms with Crippen molar-refractivity contribution in [1.29, 1.82) is 0 Å². The Balaban J connectivity index is 2.80. The third-order valence-corrected chi connectivity index (χ3v) is 3.37. The normalized spacial score (nSPS) is 13.2. The van der Waals surface area contributed by atoms with Crippen molar-refractivity contribution in [1.82, 2.24) is 0 Å². The maximum absolute atomic E-state index is 3.40. The minimum absolute atomic E-state index is 0.210. The second kappa shape index (κ2) is 7.33. The summed E-state index contributed by atoms with van der Waals surface area (Å²) >= 11 is 0. The maximum Gasteiger partial charge on any atom is 0.0380 e. The van der Waals surface area contributed by atoms with Crippen LogP contribution in [0.15, 0.2) is 48.2 Å². The van der Waals surface area contributed by atoms with Crippen LogP contribution in [0.3, 0.4) is 0 Å². The van der Waals surface area contributed by atoms with Crippen molar-refractivity contribution in [3.05, 3.63) is 53.8 Å². The summed E-state index contributed by atoms with van der Waals surface area (Å²) in [5.41, 5.74) is 4.04. The minimum atomic E-state index is 0.210. The summed E-state index contributed by atoms with van der Waals surface area (Å²) in [4.78, 5) is 0. The van der Waals surface area contributed by atoms with Crippen LogP contribution < -0.4 is 5.32 Å². The molecule has 0 bridgehead atoms. The SMILES string of the molecule is CC/C=C\C(=C/Nc1ccc(C(C)(C)C)cc1)C(C)C. The summed E-state index contributed by atoms with van der Waals surface area (Å²) in [5, 5.41) is 3.40. The zero-order chi connectivity index (χ0) is 15.2. The molecule has 1 aromatic rings. The van der Waals surface area contributed by atoms with Crippen molar-refractivity contribution in [2.75, 3.05) is 5.32 Å². The molecule has 110 valence electrons. The summed E-state index contributed by atoms with van der Waals surface area (Å²) in [6.45, 7) is 13.3. The summed E-state index contributed by atoms with van der Waals surface area (Å²) in [6, 6.07) is 8.71. The first-order valence-electron chi connectivity index (χ1n) is 7.58. The highest BCUT2D eigenvalue weighted by Gasteiger charge is 2.12. The summed E-state index contributed by atoms with van der Waals surface area (Å²) in [5.74, 6) is 0.527. The standard InChI is InChI=1S/C19H29N/c1-7-8-9-16(15(2)3)14-20-18-12-10-17(11-13-18)19(4,5)6/h8-15,20H,7H2,1-6H3/b9-8-,16-14+. The molecule has 0 fully saturated rings. The van der Waals surface area contributed by atoms with E-state index < -0.39 is 0 Å². The van der Waals surface area contributed by atoms with Gasteiger partial charge in [-0.1, -0.05) is 65.8 Å². The zero-order valence-electron chi connectivity index (χ0n) is 13.8. The molecule has 0 saturated carbocycles. The van der Waals surface area contributed by atoms with Crippen LogP contribution in [0.5, 0.6) is 0 Å². The Morgan fingerprint density at radius 2 is 1.75 bits per heavy atom. The summed E-state index contributed by atoms with van der Waals surface area (Å²) in [7, 11) is 0.